The molecule has 0 unspecified atom stereocenters. The van der Waals surface area contributed by atoms with Gasteiger partial charge in [-0.25, -0.2) is 4.39 Å². The van der Waals surface area contributed by atoms with Crippen molar-refractivity contribution in [3.05, 3.63) is 101 Å². The van der Waals surface area contributed by atoms with Crippen molar-refractivity contribution in [2.45, 2.75) is 6.42 Å². The number of esters is 1. The lowest BCUT2D eigenvalue weighted by molar-refractivity contribution is -0.133. The second-order valence-electron chi connectivity index (χ2n) is 5.86. The molecule has 3 rings (SSSR count). The molecular weight excluding hydrogens is 341 g/mol. The first kappa shape index (κ1) is 18.1. The van der Waals surface area contributed by atoms with Gasteiger partial charge in [0.05, 0.1) is 18.1 Å². The van der Waals surface area contributed by atoms with Gasteiger partial charge < -0.3 is 4.74 Å². The molecule has 3 aromatic rings. The van der Waals surface area contributed by atoms with Crippen LogP contribution in [0.4, 0.5) is 4.39 Å². The van der Waals surface area contributed by atoms with Crippen LogP contribution in [0.15, 0.2) is 78.9 Å². The third-order valence-electron chi connectivity index (χ3n) is 3.90. The summed E-state index contributed by atoms with van der Waals surface area (Å²) in [7, 11) is 0. The minimum absolute atomic E-state index is 0.189. The lowest BCUT2D eigenvalue weighted by Gasteiger charge is -2.05. The number of rotatable bonds is 5. The molecule has 0 atom stereocenters. The van der Waals surface area contributed by atoms with E-state index in [1.165, 1.54) is 6.07 Å². The Morgan fingerprint density at radius 3 is 2.30 bits per heavy atom. The van der Waals surface area contributed by atoms with Gasteiger partial charge in [-0.05, 0) is 35.4 Å². The van der Waals surface area contributed by atoms with Crippen molar-refractivity contribution in [2.75, 3.05) is 0 Å². The summed E-state index contributed by atoms with van der Waals surface area (Å²) in [6, 6.07) is 24.2. The Bertz CT molecular complexity index is 1000. The molecule has 0 aliphatic rings. The molecule has 3 aromatic carbocycles. The summed E-state index contributed by atoms with van der Waals surface area (Å²) in [6.07, 6.45) is 1.78. The predicted molar refractivity (Wildman–Crippen MR) is 102 cm³/mol. The molecule has 0 aliphatic carbocycles. The van der Waals surface area contributed by atoms with Gasteiger partial charge in [0.2, 0.25) is 0 Å². The number of benzene rings is 3. The van der Waals surface area contributed by atoms with Crippen LogP contribution in [0.25, 0.3) is 11.6 Å². The zero-order chi connectivity index (χ0) is 19.1. The van der Waals surface area contributed by atoms with Gasteiger partial charge in [-0.3, -0.25) is 4.79 Å². The molecule has 0 aliphatic heterocycles. The molecule has 0 N–H and O–H groups in total. The Hall–Kier alpha value is -3.71. The first-order valence-corrected chi connectivity index (χ1v) is 8.37. The van der Waals surface area contributed by atoms with E-state index >= 15 is 0 Å². The van der Waals surface area contributed by atoms with Gasteiger partial charge in [-0.15, -0.1) is 0 Å². The van der Waals surface area contributed by atoms with Crippen LogP contribution in [0.1, 0.15) is 16.7 Å². The highest BCUT2D eigenvalue weighted by molar-refractivity contribution is 5.89. The van der Waals surface area contributed by atoms with E-state index < -0.39 is 5.82 Å². The minimum Gasteiger partial charge on any atom is -0.426 e. The van der Waals surface area contributed by atoms with E-state index in [1.54, 1.807) is 48.5 Å². The summed E-state index contributed by atoms with van der Waals surface area (Å²) in [4.78, 5) is 12.0. The van der Waals surface area contributed by atoms with Crippen molar-refractivity contribution >= 4 is 17.6 Å². The van der Waals surface area contributed by atoms with Gasteiger partial charge in [0.1, 0.15) is 11.6 Å². The Kier molecular flexibility index (Phi) is 5.76. The lowest BCUT2D eigenvalue weighted by Crippen LogP contribution is -2.11. The first-order chi connectivity index (χ1) is 13.2. The Morgan fingerprint density at radius 1 is 0.963 bits per heavy atom. The molecule has 0 radical (unpaired) electrons. The fraction of sp³-hybridized carbons (Fsp3) is 0.0435. The highest BCUT2D eigenvalue weighted by Crippen LogP contribution is 2.22. The van der Waals surface area contributed by atoms with Gasteiger partial charge in [0, 0.05) is 5.56 Å². The van der Waals surface area contributed by atoms with Crippen molar-refractivity contribution in [3.63, 3.8) is 0 Å². The normalized spacial score (nSPS) is 10.9. The van der Waals surface area contributed by atoms with Crippen molar-refractivity contribution in [3.8, 4) is 11.8 Å². The number of allylic oxidation sites excluding steroid dienone is 1. The lowest BCUT2D eigenvalue weighted by atomic mass is 10.0. The zero-order valence-electron chi connectivity index (χ0n) is 14.4. The average Bonchev–Trinajstić information content (AvgIpc) is 2.69. The van der Waals surface area contributed by atoms with Gasteiger partial charge in [0.25, 0.3) is 0 Å². The number of halogens is 1. The largest absolute Gasteiger partial charge is 0.426 e. The fourth-order valence-electron chi connectivity index (χ4n) is 2.58. The van der Waals surface area contributed by atoms with E-state index in [0.717, 1.165) is 5.56 Å². The SMILES string of the molecule is N#C/C(=C/c1ccc(OC(=O)Cc2ccccc2)cc1)c1ccccc1F. The van der Waals surface area contributed by atoms with Gasteiger partial charge >= 0.3 is 5.97 Å². The minimum atomic E-state index is -0.447. The molecule has 0 aromatic heterocycles. The second kappa shape index (κ2) is 8.59. The Labute approximate surface area is 157 Å². The highest BCUT2D eigenvalue weighted by Gasteiger charge is 2.08. The summed E-state index contributed by atoms with van der Waals surface area (Å²) in [5.74, 6) is -0.386. The molecule has 132 valence electrons. The maximum absolute atomic E-state index is 13.9. The summed E-state index contributed by atoms with van der Waals surface area (Å²) < 4.78 is 19.2. The van der Waals surface area contributed by atoms with E-state index in [2.05, 4.69) is 0 Å². The number of carbonyl (C=O) groups is 1. The summed E-state index contributed by atoms with van der Waals surface area (Å²) in [5, 5.41) is 9.32. The predicted octanol–water partition coefficient (Wildman–Crippen LogP) is 5.04. The van der Waals surface area contributed by atoms with Crippen LogP contribution in [0.5, 0.6) is 5.75 Å². The fourth-order valence-corrected chi connectivity index (χ4v) is 2.58. The molecule has 3 nitrogen and oxygen atoms in total. The third kappa shape index (κ3) is 4.90. The molecule has 0 fully saturated rings. The van der Waals surface area contributed by atoms with Crippen LogP contribution in [0, 0.1) is 17.1 Å². The Morgan fingerprint density at radius 2 is 1.63 bits per heavy atom. The molecule has 0 spiro atoms. The van der Waals surface area contributed by atoms with Crippen LogP contribution in [-0.4, -0.2) is 5.97 Å². The molecule has 4 heteroatoms. The summed E-state index contributed by atoms with van der Waals surface area (Å²) in [5.41, 5.74) is 2.06. The van der Waals surface area contributed by atoms with Crippen molar-refractivity contribution < 1.29 is 13.9 Å². The number of hydrogen-bond donors (Lipinski definition) is 0. The molecule has 0 amide bonds. The van der Waals surface area contributed by atoms with Gasteiger partial charge in [0.15, 0.2) is 0 Å². The van der Waals surface area contributed by atoms with Crippen LogP contribution >= 0.6 is 0 Å². The maximum Gasteiger partial charge on any atom is 0.315 e. The molecule has 0 heterocycles. The average molecular weight is 357 g/mol. The van der Waals surface area contributed by atoms with Crippen LogP contribution in [0.2, 0.25) is 0 Å². The molecular formula is C23H16FNO2. The van der Waals surface area contributed by atoms with Gasteiger partial charge in [-0.2, -0.15) is 5.26 Å². The zero-order valence-corrected chi connectivity index (χ0v) is 14.4. The topological polar surface area (TPSA) is 50.1 Å². The molecule has 27 heavy (non-hydrogen) atoms. The molecule has 0 saturated carbocycles. The van der Waals surface area contributed by atoms with Crippen molar-refractivity contribution in [1.82, 2.24) is 0 Å². The van der Waals surface area contributed by atoms with E-state index in [9.17, 15) is 14.4 Å². The second-order valence-corrected chi connectivity index (χ2v) is 5.86. The number of ether oxygens (including phenoxy) is 1. The van der Waals surface area contributed by atoms with Gasteiger partial charge in [-0.1, -0.05) is 60.7 Å². The number of nitriles is 1. The number of hydrogen-bond acceptors (Lipinski definition) is 3. The third-order valence-corrected chi connectivity index (χ3v) is 3.90. The summed E-state index contributed by atoms with van der Waals surface area (Å²) in [6.45, 7) is 0. The van der Waals surface area contributed by atoms with E-state index in [1.807, 2.05) is 36.4 Å². The van der Waals surface area contributed by atoms with Crippen LogP contribution in [0.3, 0.4) is 0 Å². The number of nitrogens with zero attached hydrogens (tertiary/aromatic N) is 1. The monoisotopic (exact) mass is 357 g/mol. The quantitative estimate of drug-likeness (QED) is 0.278. The standard InChI is InChI=1S/C23H16FNO2/c24-22-9-5-4-8-21(22)19(16-25)14-18-10-12-20(13-11-18)27-23(26)15-17-6-2-1-3-7-17/h1-14H,15H2/b19-14-. The van der Waals surface area contributed by atoms with E-state index in [-0.39, 0.29) is 23.5 Å². The molecule has 0 saturated heterocycles. The Balaban J connectivity index is 1.70. The van der Waals surface area contributed by atoms with Crippen molar-refractivity contribution in [2.24, 2.45) is 0 Å². The first-order valence-electron chi connectivity index (χ1n) is 8.37. The maximum atomic E-state index is 13.9. The smallest absolute Gasteiger partial charge is 0.315 e. The van der Waals surface area contributed by atoms with E-state index in [0.29, 0.717) is 11.3 Å². The number of carbonyl (C=O) groups excluding carboxylic acids is 1. The molecule has 0 bridgehead atoms. The van der Waals surface area contributed by atoms with Crippen molar-refractivity contribution in [1.29, 1.82) is 5.26 Å². The van der Waals surface area contributed by atoms with Crippen LogP contribution < -0.4 is 4.74 Å². The highest BCUT2D eigenvalue weighted by atomic mass is 19.1. The summed E-state index contributed by atoms with van der Waals surface area (Å²) >= 11 is 0. The van der Waals surface area contributed by atoms with Crippen LogP contribution in [-0.2, 0) is 11.2 Å². The van der Waals surface area contributed by atoms with E-state index in [4.69, 9.17) is 4.74 Å².